The number of likely N-dealkylation sites (N-methyl/N-ethyl adjacent to an activating group) is 1. The van der Waals surface area contributed by atoms with E-state index in [9.17, 15) is 4.79 Å². The summed E-state index contributed by atoms with van der Waals surface area (Å²) in [4.78, 5) is 13.5. The standard InChI is InChI=1S/C11H22N2O/c1-3-5-10(12)11(14)13(2)8-9-6-4-7-9/h9-10H,3-8,12H2,1-2H3. The summed E-state index contributed by atoms with van der Waals surface area (Å²) in [6.07, 6.45) is 5.66. The number of hydrogen-bond acceptors (Lipinski definition) is 2. The molecule has 0 aromatic heterocycles. The summed E-state index contributed by atoms with van der Waals surface area (Å²) in [6, 6.07) is -0.287. The lowest BCUT2D eigenvalue weighted by molar-refractivity contribution is -0.132. The molecule has 0 spiro atoms. The van der Waals surface area contributed by atoms with Gasteiger partial charge in [-0.05, 0) is 25.2 Å². The lowest BCUT2D eigenvalue weighted by atomic mass is 9.85. The molecular weight excluding hydrogens is 176 g/mol. The molecule has 0 bridgehead atoms. The second kappa shape index (κ2) is 5.35. The van der Waals surface area contributed by atoms with Crippen LogP contribution in [0.3, 0.4) is 0 Å². The summed E-state index contributed by atoms with van der Waals surface area (Å²) in [6.45, 7) is 2.95. The van der Waals surface area contributed by atoms with Gasteiger partial charge in [-0.15, -0.1) is 0 Å². The van der Waals surface area contributed by atoms with Crippen LogP contribution in [0.5, 0.6) is 0 Å². The van der Waals surface area contributed by atoms with E-state index in [1.54, 1.807) is 0 Å². The predicted octanol–water partition coefficient (Wildman–Crippen LogP) is 1.37. The van der Waals surface area contributed by atoms with E-state index in [-0.39, 0.29) is 11.9 Å². The molecule has 3 heteroatoms. The van der Waals surface area contributed by atoms with Crippen molar-refractivity contribution in [3.05, 3.63) is 0 Å². The van der Waals surface area contributed by atoms with Crippen LogP contribution < -0.4 is 5.73 Å². The van der Waals surface area contributed by atoms with Gasteiger partial charge in [0.1, 0.15) is 0 Å². The maximum atomic E-state index is 11.7. The molecule has 0 saturated heterocycles. The van der Waals surface area contributed by atoms with E-state index >= 15 is 0 Å². The Bertz CT molecular complexity index is 190. The lowest BCUT2D eigenvalue weighted by Crippen LogP contribution is -2.44. The third-order valence-electron chi connectivity index (χ3n) is 3.05. The Kier molecular flexibility index (Phi) is 4.39. The van der Waals surface area contributed by atoms with Crippen molar-refractivity contribution in [3.8, 4) is 0 Å². The highest BCUT2D eigenvalue weighted by Crippen LogP contribution is 2.26. The number of carbonyl (C=O) groups excluding carboxylic acids is 1. The van der Waals surface area contributed by atoms with Crippen LogP contribution in [-0.2, 0) is 4.79 Å². The number of amides is 1. The summed E-state index contributed by atoms with van der Waals surface area (Å²) in [5.41, 5.74) is 5.77. The second-order valence-corrected chi connectivity index (χ2v) is 4.41. The quantitative estimate of drug-likeness (QED) is 0.725. The van der Waals surface area contributed by atoms with Crippen molar-refractivity contribution in [2.45, 2.75) is 45.1 Å². The van der Waals surface area contributed by atoms with Crippen molar-refractivity contribution in [1.29, 1.82) is 0 Å². The fourth-order valence-corrected chi connectivity index (χ4v) is 1.87. The average molecular weight is 198 g/mol. The summed E-state index contributed by atoms with van der Waals surface area (Å²) >= 11 is 0. The lowest BCUT2D eigenvalue weighted by Gasteiger charge is -2.31. The van der Waals surface area contributed by atoms with E-state index in [4.69, 9.17) is 5.73 Å². The number of rotatable bonds is 5. The van der Waals surface area contributed by atoms with Crippen molar-refractivity contribution in [2.24, 2.45) is 11.7 Å². The van der Waals surface area contributed by atoms with E-state index in [1.165, 1.54) is 19.3 Å². The largest absolute Gasteiger partial charge is 0.344 e. The highest BCUT2D eigenvalue weighted by molar-refractivity contribution is 5.81. The van der Waals surface area contributed by atoms with Crippen molar-refractivity contribution in [2.75, 3.05) is 13.6 Å². The molecule has 0 radical (unpaired) electrons. The van der Waals surface area contributed by atoms with Crippen LogP contribution in [0, 0.1) is 5.92 Å². The molecule has 0 heterocycles. The number of nitrogens with two attached hydrogens (primary N) is 1. The molecular formula is C11H22N2O. The van der Waals surface area contributed by atoms with Crippen molar-refractivity contribution in [1.82, 2.24) is 4.90 Å². The first-order valence-corrected chi connectivity index (χ1v) is 5.65. The minimum Gasteiger partial charge on any atom is -0.344 e. The van der Waals surface area contributed by atoms with Gasteiger partial charge in [-0.25, -0.2) is 0 Å². The summed E-state index contributed by atoms with van der Waals surface area (Å²) in [5.74, 6) is 0.844. The zero-order chi connectivity index (χ0) is 10.6. The van der Waals surface area contributed by atoms with Gasteiger partial charge in [-0.1, -0.05) is 19.8 Å². The Morgan fingerprint density at radius 3 is 2.64 bits per heavy atom. The van der Waals surface area contributed by atoms with E-state index in [0.29, 0.717) is 0 Å². The molecule has 1 rings (SSSR count). The minimum absolute atomic E-state index is 0.110. The van der Waals surface area contributed by atoms with Crippen LogP contribution >= 0.6 is 0 Å². The first kappa shape index (κ1) is 11.5. The van der Waals surface area contributed by atoms with Crippen molar-refractivity contribution >= 4 is 5.91 Å². The van der Waals surface area contributed by atoms with E-state index in [0.717, 1.165) is 25.3 Å². The summed E-state index contributed by atoms with van der Waals surface area (Å²) < 4.78 is 0. The minimum atomic E-state index is -0.287. The van der Waals surface area contributed by atoms with Crippen LogP contribution in [0.15, 0.2) is 0 Å². The fourth-order valence-electron chi connectivity index (χ4n) is 1.87. The second-order valence-electron chi connectivity index (χ2n) is 4.41. The summed E-state index contributed by atoms with van der Waals surface area (Å²) in [7, 11) is 1.87. The molecule has 0 aliphatic heterocycles. The molecule has 1 amide bonds. The SMILES string of the molecule is CCCC(N)C(=O)N(C)CC1CCC1. The molecule has 3 nitrogen and oxygen atoms in total. The zero-order valence-corrected chi connectivity index (χ0v) is 9.33. The maximum Gasteiger partial charge on any atom is 0.239 e. The zero-order valence-electron chi connectivity index (χ0n) is 9.33. The monoisotopic (exact) mass is 198 g/mol. The molecule has 1 atom stereocenters. The molecule has 0 aromatic carbocycles. The Labute approximate surface area is 86.6 Å². The number of carbonyl (C=O) groups is 1. The third kappa shape index (κ3) is 2.98. The number of nitrogens with zero attached hydrogens (tertiary/aromatic N) is 1. The smallest absolute Gasteiger partial charge is 0.239 e. The van der Waals surface area contributed by atoms with Crippen LogP contribution in [0.2, 0.25) is 0 Å². The molecule has 1 aliphatic carbocycles. The Morgan fingerprint density at radius 1 is 1.57 bits per heavy atom. The van der Waals surface area contributed by atoms with Gasteiger partial charge in [0.25, 0.3) is 0 Å². The third-order valence-corrected chi connectivity index (χ3v) is 3.05. The van der Waals surface area contributed by atoms with Crippen molar-refractivity contribution in [3.63, 3.8) is 0 Å². The topological polar surface area (TPSA) is 46.3 Å². The summed E-state index contributed by atoms with van der Waals surface area (Å²) in [5, 5.41) is 0. The Balaban J connectivity index is 2.26. The molecule has 82 valence electrons. The van der Waals surface area contributed by atoms with Gasteiger partial charge in [0.05, 0.1) is 6.04 Å². The van der Waals surface area contributed by atoms with Gasteiger partial charge < -0.3 is 10.6 Å². The van der Waals surface area contributed by atoms with E-state index in [2.05, 4.69) is 6.92 Å². The van der Waals surface area contributed by atoms with Gasteiger partial charge in [0.2, 0.25) is 5.91 Å². The first-order valence-electron chi connectivity index (χ1n) is 5.65. The molecule has 1 aliphatic rings. The van der Waals surface area contributed by atoms with Crippen LogP contribution in [0.25, 0.3) is 0 Å². The molecule has 14 heavy (non-hydrogen) atoms. The van der Waals surface area contributed by atoms with E-state index < -0.39 is 0 Å². The normalized spacial score (nSPS) is 18.8. The Hall–Kier alpha value is -0.570. The van der Waals surface area contributed by atoms with E-state index in [1.807, 2.05) is 11.9 Å². The Morgan fingerprint density at radius 2 is 2.21 bits per heavy atom. The van der Waals surface area contributed by atoms with Crippen LogP contribution in [-0.4, -0.2) is 30.4 Å². The molecule has 0 aromatic rings. The van der Waals surface area contributed by atoms with Gasteiger partial charge >= 0.3 is 0 Å². The highest BCUT2D eigenvalue weighted by atomic mass is 16.2. The van der Waals surface area contributed by atoms with Gasteiger partial charge in [-0.2, -0.15) is 0 Å². The highest BCUT2D eigenvalue weighted by Gasteiger charge is 2.23. The van der Waals surface area contributed by atoms with Crippen molar-refractivity contribution < 1.29 is 4.79 Å². The molecule has 1 fully saturated rings. The fraction of sp³-hybridized carbons (Fsp3) is 0.909. The molecule has 1 unspecified atom stereocenters. The van der Waals surface area contributed by atoms with Gasteiger partial charge in [0, 0.05) is 13.6 Å². The predicted molar refractivity (Wildman–Crippen MR) is 57.9 cm³/mol. The van der Waals surface area contributed by atoms with Gasteiger partial charge in [-0.3, -0.25) is 4.79 Å². The first-order chi connectivity index (χ1) is 6.65. The maximum absolute atomic E-state index is 11.7. The molecule has 2 N–H and O–H groups in total. The molecule has 1 saturated carbocycles. The van der Waals surface area contributed by atoms with Crippen LogP contribution in [0.1, 0.15) is 39.0 Å². The number of hydrogen-bond donors (Lipinski definition) is 1. The van der Waals surface area contributed by atoms with Gasteiger partial charge in [0.15, 0.2) is 0 Å². The van der Waals surface area contributed by atoms with Crippen LogP contribution in [0.4, 0.5) is 0 Å². The average Bonchev–Trinajstić information content (AvgIpc) is 2.10.